The summed E-state index contributed by atoms with van der Waals surface area (Å²) in [6, 6.07) is 10.0. The number of hydrogen-bond acceptors (Lipinski definition) is 2. The molecule has 2 rings (SSSR count). The van der Waals surface area contributed by atoms with Gasteiger partial charge < -0.3 is 0 Å². The highest BCUT2D eigenvalue weighted by molar-refractivity contribution is 9.10. The van der Waals surface area contributed by atoms with Crippen molar-refractivity contribution in [3.63, 3.8) is 0 Å². The first-order chi connectivity index (χ1) is 8.58. The molecule has 1 heterocycles. The first-order valence-electron chi connectivity index (χ1n) is 5.81. The van der Waals surface area contributed by atoms with Gasteiger partial charge >= 0.3 is 0 Å². The second kappa shape index (κ2) is 5.44. The monoisotopic (exact) mass is 302 g/mol. The Hall–Kier alpha value is -1.48. The van der Waals surface area contributed by atoms with E-state index < -0.39 is 0 Å². The topological polar surface area (TPSA) is 25.2 Å². The van der Waals surface area contributed by atoms with Crippen molar-refractivity contribution in [3.8, 4) is 0 Å². The number of rotatable bonds is 2. The van der Waals surface area contributed by atoms with Crippen LogP contribution in [0.2, 0.25) is 0 Å². The number of halogens is 1. The van der Waals surface area contributed by atoms with E-state index in [1.165, 1.54) is 0 Å². The molecular formula is C15H15BrN2. The molecule has 0 radical (unpaired) electrons. The molecule has 0 saturated heterocycles. The Morgan fingerprint density at radius 1 is 1.17 bits per heavy atom. The van der Waals surface area contributed by atoms with Gasteiger partial charge in [-0.2, -0.15) is 0 Å². The Kier molecular flexibility index (Phi) is 3.92. The van der Waals surface area contributed by atoms with Crippen molar-refractivity contribution < 1.29 is 0 Å². The molecule has 1 aromatic carbocycles. The maximum atomic E-state index is 4.70. The fraction of sp³-hybridized carbons (Fsp3) is 0.200. The van der Waals surface area contributed by atoms with E-state index in [9.17, 15) is 0 Å². The predicted molar refractivity (Wildman–Crippen MR) is 79.7 cm³/mol. The van der Waals surface area contributed by atoms with Gasteiger partial charge in [0.2, 0.25) is 0 Å². The fourth-order valence-electron chi connectivity index (χ4n) is 1.88. The second-order valence-corrected chi connectivity index (χ2v) is 5.22. The Bertz CT molecular complexity index is 566. The van der Waals surface area contributed by atoms with Gasteiger partial charge in [-0.1, -0.05) is 22.0 Å². The maximum absolute atomic E-state index is 4.70. The molecule has 0 N–H and O–H groups in total. The first-order valence-corrected chi connectivity index (χ1v) is 6.60. The van der Waals surface area contributed by atoms with Gasteiger partial charge in [0.05, 0.1) is 17.1 Å². The predicted octanol–water partition coefficient (Wildman–Crippen LogP) is 4.60. The van der Waals surface area contributed by atoms with Crippen molar-refractivity contribution in [1.82, 2.24) is 4.98 Å². The minimum atomic E-state index is 0.916. The highest BCUT2D eigenvalue weighted by Crippen LogP contribution is 2.28. The summed E-state index contributed by atoms with van der Waals surface area (Å²) in [4.78, 5) is 9.01. The van der Waals surface area contributed by atoms with Gasteiger partial charge in [0.25, 0.3) is 0 Å². The minimum absolute atomic E-state index is 0.916. The summed E-state index contributed by atoms with van der Waals surface area (Å²) < 4.78 is 1.09. The van der Waals surface area contributed by atoms with E-state index in [-0.39, 0.29) is 0 Å². The van der Waals surface area contributed by atoms with Crippen molar-refractivity contribution in [1.29, 1.82) is 0 Å². The third-order valence-electron chi connectivity index (χ3n) is 2.77. The number of aryl methyl sites for hydroxylation is 2. The molecular weight excluding hydrogens is 288 g/mol. The van der Waals surface area contributed by atoms with Crippen LogP contribution in [0.4, 0.5) is 5.69 Å². The molecule has 0 amide bonds. The molecule has 0 bridgehead atoms. The SMILES string of the molecule is CC(=Nc1c(C)cc(Br)cc1C)c1ccccn1. The summed E-state index contributed by atoms with van der Waals surface area (Å²) >= 11 is 3.50. The van der Waals surface area contributed by atoms with E-state index in [0.717, 1.165) is 32.7 Å². The second-order valence-electron chi connectivity index (χ2n) is 4.30. The van der Waals surface area contributed by atoms with Crippen molar-refractivity contribution >= 4 is 27.3 Å². The Morgan fingerprint density at radius 2 is 1.83 bits per heavy atom. The summed E-state index contributed by atoms with van der Waals surface area (Å²) in [5, 5.41) is 0. The number of pyridine rings is 1. The lowest BCUT2D eigenvalue weighted by molar-refractivity contribution is 1.26. The fourth-order valence-corrected chi connectivity index (χ4v) is 2.57. The van der Waals surface area contributed by atoms with Gasteiger partial charge in [0, 0.05) is 10.7 Å². The van der Waals surface area contributed by atoms with Gasteiger partial charge in [-0.05, 0) is 56.2 Å². The molecule has 0 atom stereocenters. The average molecular weight is 303 g/mol. The third kappa shape index (κ3) is 2.85. The molecule has 0 unspecified atom stereocenters. The molecule has 18 heavy (non-hydrogen) atoms. The van der Waals surface area contributed by atoms with Gasteiger partial charge in [-0.25, -0.2) is 0 Å². The lowest BCUT2D eigenvalue weighted by Gasteiger charge is -2.07. The van der Waals surface area contributed by atoms with E-state index in [1.807, 2.05) is 25.1 Å². The van der Waals surface area contributed by atoms with Crippen LogP contribution in [0.3, 0.4) is 0 Å². The maximum Gasteiger partial charge on any atom is 0.0841 e. The molecule has 0 fully saturated rings. The van der Waals surface area contributed by atoms with E-state index >= 15 is 0 Å². The molecule has 0 aliphatic heterocycles. The van der Waals surface area contributed by atoms with Crippen molar-refractivity contribution in [3.05, 3.63) is 57.8 Å². The van der Waals surface area contributed by atoms with Crippen LogP contribution in [-0.2, 0) is 0 Å². The lowest BCUT2D eigenvalue weighted by atomic mass is 10.1. The molecule has 3 heteroatoms. The molecule has 0 aliphatic rings. The molecule has 0 saturated carbocycles. The quantitative estimate of drug-likeness (QED) is 0.744. The smallest absolute Gasteiger partial charge is 0.0841 e. The van der Waals surface area contributed by atoms with Crippen LogP contribution in [-0.4, -0.2) is 10.7 Å². The van der Waals surface area contributed by atoms with Crippen LogP contribution < -0.4 is 0 Å². The van der Waals surface area contributed by atoms with Crippen molar-refractivity contribution in [2.45, 2.75) is 20.8 Å². The summed E-state index contributed by atoms with van der Waals surface area (Å²) in [5.41, 5.74) is 5.21. The highest BCUT2D eigenvalue weighted by atomic mass is 79.9. The standard InChI is InChI=1S/C15H15BrN2/c1-10-8-13(16)9-11(2)15(10)18-12(3)14-6-4-5-7-17-14/h4-9H,1-3H3. The molecule has 2 aromatic rings. The zero-order valence-corrected chi connectivity index (χ0v) is 12.3. The number of aromatic nitrogens is 1. The van der Waals surface area contributed by atoms with Crippen LogP contribution in [0.25, 0.3) is 0 Å². The molecule has 1 aromatic heterocycles. The average Bonchev–Trinajstić information content (AvgIpc) is 2.34. The van der Waals surface area contributed by atoms with Crippen LogP contribution in [0.1, 0.15) is 23.7 Å². The van der Waals surface area contributed by atoms with E-state index in [2.05, 4.69) is 46.9 Å². The number of benzene rings is 1. The van der Waals surface area contributed by atoms with Crippen molar-refractivity contribution in [2.75, 3.05) is 0 Å². The summed E-state index contributed by atoms with van der Waals surface area (Å²) in [6.45, 7) is 6.13. The highest BCUT2D eigenvalue weighted by Gasteiger charge is 2.05. The van der Waals surface area contributed by atoms with Crippen LogP contribution >= 0.6 is 15.9 Å². The number of nitrogens with zero attached hydrogens (tertiary/aromatic N) is 2. The van der Waals surface area contributed by atoms with Gasteiger partial charge in [0.15, 0.2) is 0 Å². The van der Waals surface area contributed by atoms with E-state index in [0.29, 0.717) is 0 Å². The molecule has 2 nitrogen and oxygen atoms in total. The molecule has 92 valence electrons. The Morgan fingerprint density at radius 3 is 2.39 bits per heavy atom. The number of hydrogen-bond donors (Lipinski definition) is 0. The van der Waals surface area contributed by atoms with Crippen LogP contribution in [0.15, 0.2) is 46.0 Å². The first kappa shape index (κ1) is 13.0. The molecule has 0 spiro atoms. The molecule has 0 aliphatic carbocycles. The Labute approximate surface area is 116 Å². The lowest BCUT2D eigenvalue weighted by Crippen LogP contribution is -1.97. The zero-order chi connectivity index (χ0) is 13.1. The minimum Gasteiger partial charge on any atom is -0.255 e. The largest absolute Gasteiger partial charge is 0.255 e. The Balaban J connectivity index is 2.45. The summed E-state index contributed by atoms with van der Waals surface area (Å²) in [7, 11) is 0. The normalized spacial score (nSPS) is 11.7. The van der Waals surface area contributed by atoms with E-state index in [1.54, 1.807) is 6.20 Å². The van der Waals surface area contributed by atoms with Crippen LogP contribution in [0, 0.1) is 13.8 Å². The summed E-state index contributed by atoms with van der Waals surface area (Å²) in [6.07, 6.45) is 1.79. The van der Waals surface area contributed by atoms with E-state index in [4.69, 9.17) is 4.99 Å². The number of aliphatic imine (C=N–C) groups is 1. The van der Waals surface area contributed by atoms with Crippen molar-refractivity contribution in [2.24, 2.45) is 4.99 Å². The van der Waals surface area contributed by atoms with Crippen LogP contribution in [0.5, 0.6) is 0 Å². The van der Waals surface area contributed by atoms with Gasteiger partial charge in [-0.3, -0.25) is 9.98 Å². The van der Waals surface area contributed by atoms with Gasteiger partial charge in [0.1, 0.15) is 0 Å². The summed E-state index contributed by atoms with van der Waals surface area (Å²) in [5.74, 6) is 0. The third-order valence-corrected chi connectivity index (χ3v) is 3.23. The zero-order valence-electron chi connectivity index (χ0n) is 10.7. The van der Waals surface area contributed by atoms with Gasteiger partial charge in [-0.15, -0.1) is 0 Å².